The molecule has 1 heterocycles. The summed E-state index contributed by atoms with van der Waals surface area (Å²) in [6.07, 6.45) is 7.75. The SMILES string of the molecule is CC(=O)SCC=Cc1cnn(-c2cccc(C)c2)c1. The van der Waals surface area contributed by atoms with Gasteiger partial charge >= 0.3 is 0 Å². The molecule has 0 aliphatic carbocycles. The molecule has 2 aromatic rings. The van der Waals surface area contributed by atoms with Gasteiger partial charge in [0.05, 0.1) is 11.9 Å². The van der Waals surface area contributed by atoms with Gasteiger partial charge in [-0.25, -0.2) is 4.68 Å². The zero-order chi connectivity index (χ0) is 13.7. The van der Waals surface area contributed by atoms with Crippen LogP contribution in [0.3, 0.4) is 0 Å². The zero-order valence-electron chi connectivity index (χ0n) is 11.0. The minimum Gasteiger partial charge on any atom is -0.288 e. The van der Waals surface area contributed by atoms with Crippen LogP contribution in [-0.2, 0) is 4.79 Å². The number of hydrogen-bond acceptors (Lipinski definition) is 3. The summed E-state index contributed by atoms with van der Waals surface area (Å²) >= 11 is 1.30. The van der Waals surface area contributed by atoms with Gasteiger partial charge < -0.3 is 0 Å². The van der Waals surface area contributed by atoms with Crippen molar-refractivity contribution in [3.63, 3.8) is 0 Å². The second-order valence-electron chi connectivity index (χ2n) is 4.26. The average Bonchev–Trinajstić information content (AvgIpc) is 2.83. The summed E-state index contributed by atoms with van der Waals surface area (Å²) in [6.45, 7) is 3.64. The molecule has 0 unspecified atom stereocenters. The van der Waals surface area contributed by atoms with Crippen LogP contribution in [-0.4, -0.2) is 20.6 Å². The summed E-state index contributed by atoms with van der Waals surface area (Å²) in [7, 11) is 0. The number of hydrogen-bond donors (Lipinski definition) is 0. The Labute approximate surface area is 117 Å². The number of nitrogens with zero attached hydrogens (tertiary/aromatic N) is 2. The molecule has 0 aliphatic rings. The van der Waals surface area contributed by atoms with Gasteiger partial charge in [0.15, 0.2) is 5.12 Å². The predicted molar refractivity (Wildman–Crippen MR) is 80.5 cm³/mol. The van der Waals surface area contributed by atoms with Gasteiger partial charge in [0.2, 0.25) is 0 Å². The molecule has 0 saturated heterocycles. The zero-order valence-corrected chi connectivity index (χ0v) is 11.9. The summed E-state index contributed by atoms with van der Waals surface area (Å²) in [5.74, 6) is 0.699. The van der Waals surface area contributed by atoms with Crippen molar-refractivity contribution >= 4 is 23.0 Å². The first-order valence-electron chi connectivity index (χ1n) is 6.07. The summed E-state index contributed by atoms with van der Waals surface area (Å²) in [5.41, 5.74) is 3.30. The van der Waals surface area contributed by atoms with Crippen LogP contribution in [0.2, 0.25) is 0 Å². The fourth-order valence-electron chi connectivity index (χ4n) is 1.68. The third-order valence-electron chi connectivity index (χ3n) is 2.56. The van der Waals surface area contributed by atoms with Crippen molar-refractivity contribution in [3.05, 3.63) is 53.9 Å². The monoisotopic (exact) mass is 272 g/mol. The maximum absolute atomic E-state index is 10.8. The lowest BCUT2D eigenvalue weighted by molar-refractivity contribution is -0.109. The Hall–Kier alpha value is -1.81. The largest absolute Gasteiger partial charge is 0.288 e. The molecule has 1 aromatic carbocycles. The summed E-state index contributed by atoms with van der Waals surface area (Å²) in [5, 5.41) is 4.47. The Morgan fingerprint density at radius 2 is 2.32 bits per heavy atom. The van der Waals surface area contributed by atoms with Crippen molar-refractivity contribution in [2.45, 2.75) is 13.8 Å². The van der Waals surface area contributed by atoms with E-state index in [0.29, 0.717) is 5.75 Å². The van der Waals surface area contributed by atoms with E-state index in [1.54, 1.807) is 6.92 Å². The molecule has 0 atom stereocenters. The first-order chi connectivity index (χ1) is 9.15. The van der Waals surface area contributed by atoms with E-state index in [1.807, 2.05) is 41.4 Å². The number of carbonyl (C=O) groups excluding carboxylic acids is 1. The molecule has 2 rings (SSSR count). The number of thioether (sulfide) groups is 1. The van der Waals surface area contributed by atoms with Crippen molar-refractivity contribution in [2.24, 2.45) is 0 Å². The number of benzene rings is 1. The maximum atomic E-state index is 10.8. The van der Waals surface area contributed by atoms with Crippen molar-refractivity contribution < 1.29 is 4.79 Å². The maximum Gasteiger partial charge on any atom is 0.186 e. The highest BCUT2D eigenvalue weighted by Crippen LogP contribution is 2.11. The van der Waals surface area contributed by atoms with Crippen LogP contribution in [0, 0.1) is 6.92 Å². The van der Waals surface area contributed by atoms with Gasteiger partial charge in [0, 0.05) is 24.4 Å². The molecule has 0 amide bonds. The van der Waals surface area contributed by atoms with Crippen molar-refractivity contribution in [1.82, 2.24) is 9.78 Å². The van der Waals surface area contributed by atoms with Gasteiger partial charge in [0.1, 0.15) is 0 Å². The molecule has 4 heteroatoms. The molecule has 0 fully saturated rings. The molecule has 0 bridgehead atoms. The normalized spacial score (nSPS) is 11.1. The van der Waals surface area contributed by atoms with Crippen LogP contribution < -0.4 is 0 Å². The van der Waals surface area contributed by atoms with Crippen LogP contribution in [0.25, 0.3) is 11.8 Å². The van der Waals surface area contributed by atoms with E-state index >= 15 is 0 Å². The number of aryl methyl sites for hydroxylation is 1. The topological polar surface area (TPSA) is 34.9 Å². The minimum absolute atomic E-state index is 0.139. The van der Waals surface area contributed by atoms with Crippen LogP contribution in [0.4, 0.5) is 0 Å². The molecule has 19 heavy (non-hydrogen) atoms. The van der Waals surface area contributed by atoms with Gasteiger partial charge in [-0.15, -0.1) is 0 Å². The Morgan fingerprint density at radius 1 is 1.47 bits per heavy atom. The highest BCUT2D eigenvalue weighted by Gasteiger charge is 1.99. The van der Waals surface area contributed by atoms with E-state index < -0.39 is 0 Å². The Morgan fingerprint density at radius 3 is 3.05 bits per heavy atom. The number of carbonyl (C=O) groups is 1. The molecular formula is C15H16N2OS. The lowest BCUT2D eigenvalue weighted by Crippen LogP contribution is -1.93. The standard InChI is InChI=1S/C15H16N2OS/c1-12-5-3-7-15(9-12)17-11-14(10-16-17)6-4-8-19-13(2)18/h3-7,9-11H,8H2,1-2H3. The van der Waals surface area contributed by atoms with E-state index in [2.05, 4.69) is 24.2 Å². The van der Waals surface area contributed by atoms with E-state index in [9.17, 15) is 4.79 Å². The molecule has 0 spiro atoms. The van der Waals surface area contributed by atoms with Gasteiger partial charge in [0.25, 0.3) is 0 Å². The van der Waals surface area contributed by atoms with Gasteiger partial charge in [-0.1, -0.05) is 36.0 Å². The fourth-order valence-corrected chi connectivity index (χ4v) is 2.11. The number of aromatic nitrogens is 2. The molecule has 1 aromatic heterocycles. The lowest BCUT2D eigenvalue weighted by Gasteiger charge is -2.01. The van der Waals surface area contributed by atoms with Crippen molar-refractivity contribution in [2.75, 3.05) is 5.75 Å². The van der Waals surface area contributed by atoms with Gasteiger partial charge in [-0.2, -0.15) is 5.10 Å². The van der Waals surface area contributed by atoms with Crippen LogP contribution >= 0.6 is 11.8 Å². The predicted octanol–water partition coefficient (Wildman–Crippen LogP) is 3.47. The van der Waals surface area contributed by atoms with Gasteiger partial charge in [-0.05, 0) is 24.6 Å². The Kier molecular flexibility index (Phi) is 4.58. The quantitative estimate of drug-likeness (QED) is 0.854. The highest BCUT2D eigenvalue weighted by molar-refractivity contribution is 8.13. The molecular weight excluding hydrogens is 256 g/mol. The second-order valence-corrected chi connectivity index (χ2v) is 5.46. The highest BCUT2D eigenvalue weighted by atomic mass is 32.2. The molecule has 3 nitrogen and oxygen atoms in total. The molecule has 0 N–H and O–H groups in total. The Bertz CT molecular complexity index is 602. The molecule has 0 radical (unpaired) electrons. The van der Waals surface area contributed by atoms with Crippen LogP contribution in [0.1, 0.15) is 18.1 Å². The molecule has 98 valence electrons. The third-order valence-corrected chi connectivity index (χ3v) is 3.33. The van der Waals surface area contributed by atoms with Gasteiger partial charge in [-0.3, -0.25) is 4.79 Å². The minimum atomic E-state index is 0.139. The van der Waals surface area contributed by atoms with Crippen LogP contribution in [0.5, 0.6) is 0 Å². The first kappa shape index (κ1) is 13.6. The second kappa shape index (κ2) is 6.38. The van der Waals surface area contributed by atoms with E-state index in [-0.39, 0.29) is 5.12 Å². The van der Waals surface area contributed by atoms with E-state index in [4.69, 9.17) is 0 Å². The summed E-state index contributed by atoms with van der Waals surface area (Å²) in [6, 6.07) is 8.20. The summed E-state index contributed by atoms with van der Waals surface area (Å²) < 4.78 is 1.85. The number of rotatable bonds is 4. The lowest BCUT2D eigenvalue weighted by atomic mass is 10.2. The van der Waals surface area contributed by atoms with E-state index in [0.717, 1.165) is 11.3 Å². The van der Waals surface area contributed by atoms with Crippen molar-refractivity contribution in [3.8, 4) is 5.69 Å². The Balaban J connectivity index is 2.05. The fraction of sp³-hybridized carbons (Fsp3) is 0.200. The van der Waals surface area contributed by atoms with Crippen LogP contribution in [0.15, 0.2) is 42.7 Å². The molecule has 0 saturated carbocycles. The van der Waals surface area contributed by atoms with Crippen molar-refractivity contribution in [1.29, 1.82) is 0 Å². The smallest absolute Gasteiger partial charge is 0.186 e. The summed E-state index contributed by atoms with van der Waals surface area (Å²) in [4.78, 5) is 10.8. The average molecular weight is 272 g/mol. The van der Waals surface area contributed by atoms with E-state index in [1.165, 1.54) is 17.3 Å². The first-order valence-corrected chi connectivity index (χ1v) is 7.05. The molecule has 0 aliphatic heterocycles. The third kappa shape index (κ3) is 4.10.